The zero-order valence-corrected chi connectivity index (χ0v) is 13.7. The lowest BCUT2D eigenvalue weighted by molar-refractivity contribution is -0.384. The average Bonchev–Trinajstić information content (AvgIpc) is 2.67. The first-order valence-electron chi connectivity index (χ1n) is 7.71. The van der Waals surface area contributed by atoms with E-state index >= 15 is 0 Å². The smallest absolute Gasteiger partial charge is 0.357 e. The summed E-state index contributed by atoms with van der Waals surface area (Å²) in [5.41, 5.74) is -0.190. The van der Waals surface area contributed by atoms with Gasteiger partial charge in [0.25, 0.3) is 11.6 Å². The summed E-state index contributed by atoms with van der Waals surface area (Å²) < 4.78 is 18.0. The molecule has 0 aliphatic heterocycles. The lowest BCUT2D eigenvalue weighted by atomic mass is 10.2. The van der Waals surface area contributed by atoms with Crippen molar-refractivity contribution in [2.45, 2.75) is 0 Å². The molecule has 3 aromatic rings. The van der Waals surface area contributed by atoms with Crippen LogP contribution in [0.2, 0.25) is 0 Å². The molecule has 2 aromatic carbocycles. The number of anilines is 1. The predicted octanol–water partition coefficient (Wildman–Crippen LogP) is 3.08. The number of nitrogens with one attached hydrogen (secondary N) is 1. The zero-order valence-electron chi connectivity index (χ0n) is 13.7. The molecule has 1 heterocycles. The molecule has 0 aliphatic rings. The lowest BCUT2D eigenvalue weighted by Crippen LogP contribution is -2.21. The van der Waals surface area contributed by atoms with Gasteiger partial charge < -0.3 is 10.1 Å². The van der Waals surface area contributed by atoms with Crippen LogP contribution in [0, 0.1) is 15.9 Å². The molecule has 0 saturated heterocycles. The molecule has 0 radical (unpaired) electrons. The molecule has 27 heavy (non-hydrogen) atoms. The number of ether oxygens (including phenoxy) is 1. The minimum absolute atomic E-state index is 0.0225. The van der Waals surface area contributed by atoms with E-state index < -0.39 is 34.9 Å². The van der Waals surface area contributed by atoms with Gasteiger partial charge in [-0.05, 0) is 24.3 Å². The second-order valence-corrected chi connectivity index (χ2v) is 5.43. The van der Waals surface area contributed by atoms with E-state index in [1.807, 2.05) is 12.1 Å². The van der Waals surface area contributed by atoms with E-state index in [1.54, 1.807) is 18.2 Å². The van der Waals surface area contributed by atoms with Gasteiger partial charge in [-0.2, -0.15) is 0 Å². The molecule has 0 bridgehead atoms. The van der Waals surface area contributed by atoms with Crippen molar-refractivity contribution in [1.82, 2.24) is 4.98 Å². The number of pyridine rings is 1. The number of hydrogen-bond donors (Lipinski definition) is 1. The predicted molar refractivity (Wildman–Crippen MR) is 93.7 cm³/mol. The fourth-order valence-electron chi connectivity index (χ4n) is 2.33. The summed E-state index contributed by atoms with van der Waals surface area (Å²) >= 11 is 0. The Balaban J connectivity index is 1.65. The first-order chi connectivity index (χ1) is 12.9. The quantitative estimate of drug-likeness (QED) is 0.420. The number of benzene rings is 2. The second kappa shape index (κ2) is 7.56. The van der Waals surface area contributed by atoms with Crippen LogP contribution >= 0.6 is 0 Å². The van der Waals surface area contributed by atoms with Crippen molar-refractivity contribution in [2.24, 2.45) is 0 Å². The van der Waals surface area contributed by atoms with Crippen LogP contribution in [-0.4, -0.2) is 28.4 Å². The van der Waals surface area contributed by atoms with E-state index in [4.69, 9.17) is 4.74 Å². The molecule has 0 atom stereocenters. The van der Waals surface area contributed by atoms with Crippen molar-refractivity contribution < 1.29 is 23.6 Å². The van der Waals surface area contributed by atoms with Crippen LogP contribution in [0.1, 0.15) is 10.5 Å². The van der Waals surface area contributed by atoms with Gasteiger partial charge in [0.2, 0.25) is 0 Å². The third kappa shape index (κ3) is 4.21. The van der Waals surface area contributed by atoms with Crippen molar-refractivity contribution in [2.75, 3.05) is 11.9 Å². The van der Waals surface area contributed by atoms with Gasteiger partial charge in [-0.3, -0.25) is 14.9 Å². The number of esters is 1. The summed E-state index contributed by atoms with van der Waals surface area (Å²) in [6.07, 6.45) is 0. The van der Waals surface area contributed by atoms with Crippen molar-refractivity contribution >= 4 is 34.2 Å². The fourth-order valence-corrected chi connectivity index (χ4v) is 2.33. The van der Waals surface area contributed by atoms with Crippen LogP contribution in [0.5, 0.6) is 0 Å². The van der Waals surface area contributed by atoms with Crippen LogP contribution < -0.4 is 5.32 Å². The van der Waals surface area contributed by atoms with Gasteiger partial charge in [-0.25, -0.2) is 14.2 Å². The third-order valence-corrected chi connectivity index (χ3v) is 3.57. The number of nitro groups is 1. The highest BCUT2D eigenvalue weighted by Gasteiger charge is 2.18. The molecule has 0 unspecified atom stereocenters. The maximum Gasteiger partial charge on any atom is 0.357 e. The van der Waals surface area contributed by atoms with Crippen LogP contribution in [-0.2, 0) is 9.53 Å². The number of hydrogen-bond acceptors (Lipinski definition) is 6. The number of aromatic nitrogens is 1. The van der Waals surface area contributed by atoms with Crippen LogP contribution in [0.25, 0.3) is 10.9 Å². The zero-order chi connectivity index (χ0) is 19.4. The Kier molecular flexibility index (Phi) is 5.02. The van der Waals surface area contributed by atoms with Crippen molar-refractivity contribution in [3.8, 4) is 0 Å². The molecule has 1 aromatic heterocycles. The molecular formula is C18H12FN3O5. The number of rotatable bonds is 5. The number of carbonyl (C=O) groups is 2. The Morgan fingerprint density at radius 3 is 2.70 bits per heavy atom. The fraction of sp³-hybridized carbons (Fsp3) is 0.0556. The van der Waals surface area contributed by atoms with Gasteiger partial charge in [0.1, 0.15) is 17.2 Å². The highest BCUT2D eigenvalue weighted by atomic mass is 19.1. The molecule has 3 rings (SSSR count). The minimum Gasteiger partial charge on any atom is -0.451 e. The monoisotopic (exact) mass is 369 g/mol. The summed E-state index contributed by atoms with van der Waals surface area (Å²) in [6, 6.07) is 13.0. The van der Waals surface area contributed by atoms with Crippen molar-refractivity contribution in [1.29, 1.82) is 0 Å². The summed E-state index contributed by atoms with van der Waals surface area (Å²) in [6.45, 7) is -0.679. The molecular weight excluding hydrogens is 357 g/mol. The van der Waals surface area contributed by atoms with Gasteiger partial charge >= 0.3 is 5.97 Å². The number of carbonyl (C=O) groups excluding carboxylic acids is 2. The van der Waals surface area contributed by atoms with Gasteiger partial charge in [0.15, 0.2) is 6.61 Å². The Labute approximate surface area is 151 Å². The normalized spacial score (nSPS) is 10.4. The molecule has 1 N–H and O–H groups in total. The molecule has 136 valence electrons. The Hall–Kier alpha value is -3.88. The topological polar surface area (TPSA) is 111 Å². The number of amides is 1. The minimum atomic E-state index is -0.830. The van der Waals surface area contributed by atoms with Gasteiger partial charge in [-0.15, -0.1) is 0 Å². The van der Waals surface area contributed by atoms with Crippen molar-refractivity contribution in [3.05, 3.63) is 76.2 Å². The molecule has 8 nitrogen and oxygen atoms in total. The molecule has 0 aliphatic carbocycles. The van der Waals surface area contributed by atoms with E-state index in [9.17, 15) is 24.1 Å². The van der Waals surface area contributed by atoms with Crippen molar-refractivity contribution in [3.63, 3.8) is 0 Å². The summed E-state index contributed by atoms with van der Waals surface area (Å²) in [5.74, 6) is -2.43. The van der Waals surface area contributed by atoms with E-state index in [1.165, 1.54) is 6.07 Å². The largest absolute Gasteiger partial charge is 0.451 e. The number of nitrogens with zero attached hydrogens (tertiary/aromatic N) is 2. The summed E-state index contributed by atoms with van der Waals surface area (Å²) in [7, 11) is 0. The van der Waals surface area contributed by atoms with Crippen LogP contribution in [0.3, 0.4) is 0 Å². The number of fused-ring (bicyclic) bond motifs is 1. The van der Waals surface area contributed by atoms with Crippen LogP contribution in [0.15, 0.2) is 54.6 Å². The molecule has 0 spiro atoms. The number of para-hydroxylation sites is 1. The highest BCUT2D eigenvalue weighted by Crippen LogP contribution is 2.24. The molecule has 9 heteroatoms. The number of nitro benzene ring substituents is 1. The first-order valence-corrected chi connectivity index (χ1v) is 7.71. The average molecular weight is 369 g/mol. The molecule has 0 fully saturated rings. The lowest BCUT2D eigenvalue weighted by Gasteiger charge is -2.07. The SMILES string of the molecule is O=C(COC(=O)c1ccc2ccccc2n1)Nc1ccc(F)cc1[N+](=O)[O-]. The molecule has 1 amide bonds. The Bertz CT molecular complexity index is 1050. The molecule has 0 saturated carbocycles. The standard InChI is InChI=1S/C18H12FN3O5/c19-12-6-8-14(16(9-12)22(25)26)21-17(23)10-27-18(24)15-7-5-11-3-1-2-4-13(11)20-15/h1-9H,10H2,(H,21,23). The van der Waals surface area contributed by atoms with Crippen LogP contribution in [0.4, 0.5) is 15.8 Å². The Morgan fingerprint density at radius 1 is 1.15 bits per heavy atom. The second-order valence-electron chi connectivity index (χ2n) is 5.43. The maximum atomic E-state index is 13.1. The van der Waals surface area contributed by atoms with Gasteiger partial charge in [0, 0.05) is 5.39 Å². The maximum absolute atomic E-state index is 13.1. The van der Waals surface area contributed by atoms with E-state index in [0.717, 1.165) is 17.5 Å². The van der Waals surface area contributed by atoms with Gasteiger partial charge in [0.05, 0.1) is 16.5 Å². The first kappa shape index (κ1) is 17.9. The Morgan fingerprint density at radius 2 is 1.93 bits per heavy atom. The van der Waals surface area contributed by atoms with E-state index in [0.29, 0.717) is 11.6 Å². The number of halogens is 1. The van der Waals surface area contributed by atoms with E-state index in [-0.39, 0.29) is 11.4 Å². The highest BCUT2D eigenvalue weighted by molar-refractivity contribution is 5.97. The third-order valence-electron chi connectivity index (χ3n) is 3.57. The van der Waals surface area contributed by atoms with Gasteiger partial charge in [-0.1, -0.05) is 24.3 Å². The summed E-state index contributed by atoms with van der Waals surface area (Å²) in [4.78, 5) is 38.2. The summed E-state index contributed by atoms with van der Waals surface area (Å²) in [5, 5.41) is 14.0. The van der Waals surface area contributed by atoms with E-state index in [2.05, 4.69) is 10.3 Å².